The molecule has 1 aliphatic heterocycles. The molecule has 0 radical (unpaired) electrons. The van der Waals surface area contributed by atoms with Gasteiger partial charge in [0.25, 0.3) is 0 Å². The van der Waals surface area contributed by atoms with Crippen molar-refractivity contribution in [2.24, 2.45) is 39.6 Å². The average molecular weight is 420 g/mol. The third-order valence-corrected chi connectivity index (χ3v) is 8.60. The lowest BCUT2D eigenvalue weighted by Gasteiger charge is -2.53. The lowest BCUT2D eigenvalue weighted by Crippen LogP contribution is -2.51. The molecule has 5 nitrogen and oxygen atoms in total. The van der Waals surface area contributed by atoms with Gasteiger partial charge >= 0.3 is 0 Å². The van der Waals surface area contributed by atoms with Crippen molar-refractivity contribution >= 4 is 11.7 Å². The summed E-state index contributed by atoms with van der Waals surface area (Å²) in [7, 11) is 1.69. The Hall–Kier alpha value is -2.14. The van der Waals surface area contributed by atoms with E-state index in [9.17, 15) is 5.11 Å². The number of rotatable bonds is 3. The van der Waals surface area contributed by atoms with E-state index in [1.165, 1.54) is 44.9 Å². The number of methoxy groups -OCH3 is 1. The van der Waals surface area contributed by atoms with Crippen LogP contribution in [0.4, 0.5) is 0 Å². The quantitative estimate of drug-likeness (QED) is 0.661. The molecule has 0 spiro atoms. The minimum Gasteiger partial charge on any atom is -0.508 e. The molecule has 0 saturated heterocycles. The highest BCUT2D eigenvalue weighted by Gasteiger charge is 2.49. The van der Waals surface area contributed by atoms with Crippen molar-refractivity contribution in [2.45, 2.75) is 64.1 Å². The van der Waals surface area contributed by atoms with Crippen molar-refractivity contribution < 1.29 is 9.84 Å². The van der Waals surface area contributed by atoms with E-state index in [0.29, 0.717) is 23.4 Å². The SMILES string of the molecule is COC1N=C(C2=C(O)C=CCC2)N=C(C2CCC3CCC4=C5C(CC=C4)CCC2C53)N1. The number of aliphatic imine (C=N–C) groups is 2. The summed E-state index contributed by atoms with van der Waals surface area (Å²) in [5.41, 5.74) is 4.31. The van der Waals surface area contributed by atoms with Gasteiger partial charge in [0.1, 0.15) is 11.6 Å². The molecule has 2 N–H and O–H groups in total. The van der Waals surface area contributed by atoms with Gasteiger partial charge in [-0.15, -0.1) is 0 Å². The second-order valence-corrected chi connectivity index (χ2v) is 10.1. The molecule has 6 rings (SSSR count). The van der Waals surface area contributed by atoms with E-state index in [2.05, 4.69) is 22.5 Å². The van der Waals surface area contributed by atoms with Crippen LogP contribution in [0.25, 0.3) is 0 Å². The number of aliphatic hydroxyl groups excluding tert-OH is 1. The molecule has 1 heterocycles. The molecular formula is C26H33N3O2. The summed E-state index contributed by atoms with van der Waals surface area (Å²) < 4.78 is 5.62. The molecule has 6 atom stereocenters. The van der Waals surface area contributed by atoms with Gasteiger partial charge in [0.15, 0.2) is 5.84 Å². The van der Waals surface area contributed by atoms with Crippen molar-refractivity contribution in [3.05, 3.63) is 46.8 Å². The number of amidine groups is 2. The fourth-order valence-electron chi connectivity index (χ4n) is 7.27. The Kier molecular flexibility index (Phi) is 4.90. The summed E-state index contributed by atoms with van der Waals surface area (Å²) in [5, 5.41) is 13.9. The van der Waals surface area contributed by atoms with Crippen molar-refractivity contribution in [3.63, 3.8) is 0 Å². The van der Waals surface area contributed by atoms with Crippen LogP contribution in [0, 0.1) is 29.6 Å². The van der Waals surface area contributed by atoms with Crippen LogP contribution in [0.3, 0.4) is 0 Å². The van der Waals surface area contributed by atoms with Gasteiger partial charge in [-0.1, -0.05) is 23.8 Å². The molecule has 164 valence electrons. The van der Waals surface area contributed by atoms with Gasteiger partial charge in [-0.05, 0) is 93.1 Å². The number of hydrogen-bond donors (Lipinski definition) is 2. The van der Waals surface area contributed by atoms with Crippen LogP contribution in [0.2, 0.25) is 0 Å². The minimum absolute atomic E-state index is 0.296. The predicted octanol–water partition coefficient (Wildman–Crippen LogP) is 5.20. The Balaban J connectivity index is 1.36. The smallest absolute Gasteiger partial charge is 0.228 e. The third-order valence-electron chi connectivity index (χ3n) is 8.60. The minimum atomic E-state index is -0.429. The van der Waals surface area contributed by atoms with Crippen molar-refractivity contribution in [1.29, 1.82) is 0 Å². The Bertz CT molecular complexity index is 954. The molecular weight excluding hydrogens is 386 g/mol. The molecule has 31 heavy (non-hydrogen) atoms. The normalized spacial score (nSPS) is 39.0. The maximum atomic E-state index is 10.4. The van der Waals surface area contributed by atoms with Gasteiger partial charge in [-0.3, -0.25) is 0 Å². The van der Waals surface area contributed by atoms with Crippen LogP contribution < -0.4 is 5.32 Å². The van der Waals surface area contributed by atoms with Gasteiger partial charge in [0.2, 0.25) is 6.35 Å². The topological polar surface area (TPSA) is 66.2 Å². The molecule has 6 aliphatic rings. The maximum Gasteiger partial charge on any atom is 0.228 e. The van der Waals surface area contributed by atoms with E-state index >= 15 is 0 Å². The van der Waals surface area contributed by atoms with Gasteiger partial charge in [-0.25, -0.2) is 9.98 Å². The Morgan fingerprint density at radius 1 is 1.06 bits per heavy atom. The highest BCUT2D eigenvalue weighted by molar-refractivity contribution is 6.08. The molecule has 2 fully saturated rings. The molecule has 2 saturated carbocycles. The van der Waals surface area contributed by atoms with E-state index in [1.807, 2.05) is 11.6 Å². The molecule has 0 aromatic rings. The van der Waals surface area contributed by atoms with Crippen LogP contribution in [-0.4, -0.2) is 30.2 Å². The largest absolute Gasteiger partial charge is 0.508 e. The van der Waals surface area contributed by atoms with Crippen molar-refractivity contribution in [2.75, 3.05) is 7.11 Å². The van der Waals surface area contributed by atoms with Gasteiger partial charge in [-0.2, -0.15) is 0 Å². The summed E-state index contributed by atoms with van der Waals surface area (Å²) in [6.45, 7) is 0. The van der Waals surface area contributed by atoms with E-state index in [1.54, 1.807) is 18.8 Å². The van der Waals surface area contributed by atoms with E-state index in [0.717, 1.165) is 42.0 Å². The molecule has 5 aliphatic carbocycles. The Labute approximate surface area is 184 Å². The molecule has 5 heteroatoms. The number of nitrogens with one attached hydrogen (secondary N) is 1. The number of ether oxygens (including phenoxy) is 1. The first-order chi connectivity index (χ1) is 15.2. The zero-order valence-corrected chi connectivity index (χ0v) is 18.4. The molecule has 0 aromatic heterocycles. The summed E-state index contributed by atoms with van der Waals surface area (Å²) in [5.74, 6) is 5.42. The highest BCUT2D eigenvalue weighted by atomic mass is 16.5. The Morgan fingerprint density at radius 3 is 2.87 bits per heavy atom. The zero-order chi connectivity index (χ0) is 20.9. The number of aliphatic hydroxyl groups is 1. The second-order valence-electron chi connectivity index (χ2n) is 10.1. The lowest BCUT2D eigenvalue weighted by molar-refractivity contribution is 0.0728. The second kappa shape index (κ2) is 7.77. The van der Waals surface area contributed by atoms with E-state index < -0.39 is 6.35 Å². The van der Waals surface area contributed by atoms with Gasteiger partial charge in [0, 0.05) is 18.6 Å². The molecule has 6 unspecified atom stereocenters. The predicted molar refractivity (Wildman–Crippen MR) is 123 cm³/mol. The zero-order valence-electron chi connectivity index (χ0n) is 18.4. The number of allylic oxidation sites excluding steroid dienone is 6. The van der Waals surface area contributed by atoms with Crippen LogP contribution in [0.1, 0.15) is 57.8 Å². The fourth-order valence-corrected chi connectivity index (χ4v) is 7.27. The van der Waals surface area contributed by atoms with Crippen LogP contribution in [0.5, 0.6) is 0 Å². The molecule has 0 amide bonds. The Morgan fingerprint density at radius 2 is 2.00 bits per heavy atom. The third kappa shape index (κ3) is 3.24. The first kappa shape index (κ1) is 19.5. The van der Waals surface area contributed by atoms with Crippen LogP contribution in [-0.2, 0) is 4.74 Å². The summed E-state index contributed by atoms with van der Waals surface area (Å²) >= 11 is 0. The average Bonchev–Trinajstić information content (AvgIpc) is 2.82. The summed E-state index contributed by atoms with van der Waals surface area (Å²) in [6, 6.07) is 0. The van der Waals surface area contributed by atoms with E-state index in [4.69, 9.17) is 9.73 Å². The van der Waals surface area contributed by atoms with Crippen molar-refractivity contribution in [3.8, 4) is 0 Å². The monoisotopic (exact) mass is 419 g/mol. The van der Waals surface area contributed by atoms with E-state index in [-0.39, 0.29) is 0 Å². The first-order valence-corrected chi connectivity index (χ1v) is 12.2. The van der Waals surface area contributed by atoms with Crippen LogP contribution in [0.15, 0.2) is 56.8 Å². The number of hydrogen-bond acceptors (Lipinski definition) is 5. The fraction of sp³-hybridized carbons (Fsp3) is 0.615. The number of nitrogens with zero attached hydrogens (tertiary/aromatic N) is 2. The van der Waals surface area contributed by atoms with Gasteiger partial charge < -0.3 is 15.2 Å². The molecule has 0 aromatic carbocycles. The van der Waals surface area contributed by atoms with Crippen molar-refractivity contribution in [1.82, 2.24) is 5.32 Å². The van der Waals surface area contributed by atoms with Gasteiger partial charge in [0.05, 0.1) is 0 Å². The highest BCUT2D eigenvalue weighted by Crippen LogP contribution is 2.57. The maximum absolute atomic E-state index is 10.4. The molecule has 0 bridgehead atoms. The standard InChI is InChI=1S/C26H33N3O2/c1-31-26-28-24(27-25(29-26)20-7-2-3-8-21(20)30)19-14-12-17-10-9-15-5-4-6-16-11-13-18(19)23(17)22(15)16/h3-5,8,16-19,23,26,30H,2,6-7,9-14H2,1H3,(H,27,28,29). The lowest BCUT2D eigenvalue weighted by atomic mass is 9.52. The van der Waals surface area contributed by atoms with Crippen LogP contribution >= 0.6 is 0 Å². The summed E-state index contributed by atoms with van der Waals surface area (Å²) in [6.07, 6.45) is 18.9. The summed E-state index contributed by atoms with van der Waals surface area (Å²) in [4.78, 5) is 9.68. The first-order valence-electron chi connectivity index (χ1n) is 12.2.